The molecule has 1 saturated carbocycles. The predicted octanol–water partition coefficient (Wildman–Crippen LogP) is 3.54. The Hall–Kier alpha value is -1.41. The summed E-state index contributed by atoms with van der Waals surface area (Å²) >= 11 is 3.48. The van der Waals surface area contributed by atoms with Crippen LogP contribution in [0.5, 0.6) is 5.88 Å². The molecule has 0 bridgehead atoms. The van der Waals surface area contributed by atoms with Gasteiger partial charge in [0, 0.05) is 29.3 Å². The minimum absolute atomic E-state index is 0.0621. The van der Waals surface area contributed by atoms with Crippen LogP contribution in [-0.4, -0.2) is 23.9 Å². The average molecular weight is 351 g/mol. The Morgan fingerprint density at radius 2 is 2.19 bits per heavy atom. The van der Waals surface area contributed by atoms with Crippen molar-refractivity contribution in [2.45, 2.75) is 32.7 Å². The smallest absolute Gasteiger partial charge is 0.281 e. The first-order chi connectivity index (χ1) is 9.97. The fourth-order valence-corrected chi connectivity index (χ4v) is 3.30. The van der Waals surface area contributed by atoms with E-state index < -0.39 is 6.04 Å². The van der Waals surface area contributed by atoms with Gasteiger partial charge in [0.05, 0.1) is 12.8 Å². The van der Waals surface area contributed by atoms with Crippen molar-refractivity contribution >= 4 is 21.7 Å². The third-order valence-corrected chi connectivity index (χ3v) is 5.21. The highest BCUT2D eigenvalue weighted by molar-refractivity contribution is 9.10. The molecule has 0 spiro atoms. The number of nitrogens with zero attached hydrogens (tertiary/aromatic N) is 2. The number of methoxy groups -OCH3 is 1. The van der Waals surface area contributed by atoms with Crippen LogP contribution >= 0.6 is 15.9 Å². The van der Waals surface area contributed by atoms with Crippen molar-refractivity contribution in [3.05, 3.63) is 33.7 Å². The molecule has 112 valence electrons. The summed E-state index contributed by atoms with van der Waals surface area (Å²) in [7, 11) is 1.57. The van der Waals surface area contributed by atoms with Crippen LogP contribution in [0.4, 0.5) is 0 Å². The zero-order valence-corrected chi connectivity index (χ0v) is 14.1. The maximum Gasteiger partial charge on any atom is 0.281 e. The molecule has 4 nitrogen and oxygen atoms in total. The maximum absolute atomic E-state index is 12.5. The van der Waals surface area contributed by atoms with Gasteiger partial charge in [-0.15, -0.1) is 0 Å². The zero-order chi connectivity index (χ0) is 15.6. The van der Waals surface area contributed by atoms with E-state index in [-0.39, 0.29) is 17.6 Å². The van der Waals surface area contributed by atoms with E-state index in [0.717, 1.165) is 10.2 Å². The van der Waals surface area contributed by atoms with Gasteiger partial charge in [-0.3, -0.25) is 4.79 Å². The topological polar surface area (TPSA) is 43.5 Å². The van der Waals surface area contributed by atoms with Gasteiger partial charge in [0.1, 0.15) is 0 Å². The molecule has 0 aliphatic heterocycles. The van der Waals surface area contributed by atoms with E-state index in [1.54, 1.807) is 13.2 Å². The van der Waals surface area contributed by atoms with Crippen molar-refractivity contribution in [1.82, 2.24) is 4.98 Å². The van der Waals surface area contributed by atoms with Crippen LogP contribution < -0.4 is 4.74 Å². The summed E-state index contributed by atoms with van der Waals surface area (Å²) in [6.07, 6.45) is 1.22. The summed E-state index contributed by atoms with van der Waals surface area (Å²) in [5.74, 6) is 1.08. The summed E-state index contributed by atoms with van der Waals surface area (Å²) in [6, 6.07) is 3.17. The summed E-state index contributed by atoms with van der Waals surface area (Å²) < 4.78 is 6.03. The molecule has 1 heterocycles. The van der Waals surface area contributed by atoms with Gasteiger partial charge >= 0.3 is 0 Å². The molecule has 0 saturated heterocycles. The highest BCUT2D eigenvalue weighted by atomic mass is 79.9. The number of Topliss-reactive ketones (excluding diaryl/α,β-unsaturated/α-hetero) is 1. The van der Waals surface area contributed by atoms with Gasteiger partial charge in [-0.2, -0.15) is 0 Å². The number of carbonyl (C=O) groups excluding carboxylic acids is 1. The van der Waals surface area contributed by atoms with Crippen LogP contribution in [0.1, 0.15) is 26.0 Å². The SMILES string of the molecule is [C-]#[N+]C1C[C@@H](C)[C@H](C)[C@@H](Cc2nc(OC)ccc2Br)C1=O. The van der Waals surface area contributed by atoms with Gasteiger partial charge in [-0.1, -0.05) is 13.8 Å². The highest BCUT2D eigenvalue weighted by Crippen LogP contribution is 2.36. The summed E-state index contributed by atoms with van der Waals surface area (Å²) in [6.45, 7) is 11.4. The number of halogens is 1. The van der Waals surface area contributed by atoms with Gasteiger partial charge < -0.3 is 9.58 Å². The molecule has 1 fully saturated rings. The van der Waals surface area contributed by atoms with Gasteiger partial charge in [0.2, 0.25) is 11.7 Å². The first-order valence-corrected chi connectivity index (χ1v) is 7.87. The van der Waals surface area contributed by atoms with E-state index in [4.69, 9.17) is 11.3 Å². The number of hydrogen-bond donors (Lipinski definition) is 0. The van der Waals surface area contributed by atoms with Gasteiger partial charge in [-0.05, 0) is 33.8 Å². The van der Waals surface area contributed by atoms with Crippen molar-refractivity contribution in [3.8, 4) is 5.88 Å². The number of ketones is 1. The standard InChI is InChI=1S/C16H19BrN2O2/c1-9-7-14(18-3)16(20)11(10(9)2)8-13-12(17)5-6-15(19-13)21-4/h5-6,9-11,14H,7-8H2,1-2,4H3/t9-,10+,11-,14?/m1/s1. The monoisotopic (exact) mass is 350 g/mol. The molecule has 1 aliphatic rings. The Labute approximate surface area is 133 Å². The van der Waals surface area contributed by atoms with Crippen LogP contribution in [0.15, 0.2) is 16.6 Å². The van der Waals surface area contributed by atoms with Crippen LogP contribution in [0.2, 0.25) is 0 Å². The van der Waals surface area contributed by atoms with Gasteiger partial charge in [0.15, 0.2) is 0 Å². The number of hydrogen-bond acceptors (Lipinski definition) is 3. The Kier molecular flexibility index (Phi) is 5.00. The Morgan fingerprint density at radius 3 is 2.81 bits per heavy atom. The van der Waals surface area contributed by atoms with Crippen molar-refractivity contribution in [2.75, 3.05) is 7.11 Å². The lowest BCUT2D eigenvalue weighted by Crippen LogP contribution is -2.41. The quantitative estimate of drug-likeness (QED) is 0.783. The molecule has 0 radical (unpaired) electrons. The lowest BCUT2D eigenvalue weighted by molar-refractivity contribution is -0.128. The van der Waals surface area contributed by atoms with Crippen LogP contribution in [0.25, 0.3) is 4.85 Å². The molecule has 4 atom stereocenters. The summed E-state index contributed by atoms with van der Waals surface area (Å²) in [5.41, 5.74) is 0.817. The second-order valence-corrected chi connectivity index (χ2v) is 6.57. The fourth-order valence-electron chi connectivity index (χ4n) is 2.92. The predicted molar refractivity (Wildman–Crippen MR) is 84.0 cm³/mol. The fraction of sp³-hybridized carbons (Fsp3) is 0.562. The molecule has 1 aromatic rings. The zero-order valence-electron chi connectivity index (χ0n) is 12.5. The number of pyridine rings is 1. The van der Waals surface area contributed by atoms with Gasteiger partial charge in [-0.25, -0.2) is 11.6 Å². The van der Waals surface area contributed by atoms with E-state index in [1.807, 2.05) is 6.07 Å². The number of carbonyl (C=O) groups is 1. The number of aromatic nitrogens is 1. The highest BCUT2D eigenvalue weighted by Gasteiger charge is 2.43. The molecule has 0 amide bonds. The first kappa shape index (κ1) is 16.0. The molecular formula is C16H19BrN2O2. The first-order valence-electron chi connectivity index (χ1n) is 7.07. The lowest BCUT2D eigenvalue weighted by Gasteiger charge is -2.33. The number of rotatable bonds is 3. The lowest BCUT2D eigenvalue weighted by atomic mass is 9.69. The number of ether oxygens (including phenoxy) is 1. The van der Waals surface area contributed by atoms with E-state index in [9.17, 15) is 4.79 Å². The normalized spacial score (nSPS) is 29.0. The minimum atomic E-state index is -0.495. The summed E-state index contributed by atoms with van der Waals surface area (Å²) in [4.78, 5) is 20.4. The molecule has 1 unspecified atom stereocenters. The molecular weight excluding hydrogens is 332 g/mol. The maximum atomic E-state index is 12.5. The van der Waals surface area contributed by atoms with E-state index in [2.05, 4.69) is 39.6 Å². The van der Waals surface area contributed by atoms with Gasteiger partial charge in [0.25, 0.3) is 6.04 Å². The third-order valence-electron chi connectivity index (χ3n) is 4.49. The second-order valence-electron chi connectivity index (χ2n) is 5.71. The largest absolute Gasteiger partial charge is 0.481 e. The second kappa shape index (κ2) is 6.57. The van der Waals surface area contributed by atoms with Crippen LogP contribution in [0.3, 0.4) is 0 Å². The van der Waals surface area contributed by atoms with Crippen molar-refractivity contribution in [1.29, 1.82) is 0 Å². The molecule has 0 N–H and O–H groups in total. The molecule has 5 heteroatoms. The Balaban J connectivity index is 2.28. The van der Waals surface area contributed by atoms with E-state index >= 15 is 0 Å². The van der Waals surface area contributed by atoms with Crippen molar-refractivity contribution in [2.24, 2.45) is 17.8 Å². The summed E-state index contributed by atoms with van der Waals surface area (Å²) in [5, 5.41) is 0. The molecule has 2 rings (SSSR count). The molecule has 21 heavy (non-hydrogen) atoms. The van der Waals surface area contributed by atoms with E-state index in [0.29, 0.717) is 24.6 Å². The third kappa shape index (κ3) is 3.26. The molecule has 1 aromatic heterocycles. The molecule has 0 aromatic carbocycles. The van der Waals surface area contributed by atoms with Crippen LogP contribution in [-0.2, 0) is 11.2 Å². The van der Waals surface area contributed by atoms with Crippen molar-refractivity contribution in [3.63, 3.8) is 0 Å². The Morgan fingerprint density at radius 1 is 1.48 bits per heavy atom. The molecule has 1 aliphatic carbocycles. The Bertz CT molecular complexity index is 582. The van der Waals surface area contributed by atoms with Crippen molar-refractivity contribution < 1.29 is 9.53 Å². The average Bonchev–Trinajstić information content (AvgIpc) is 2.49. The van der Waals surface area contributed by atoms with Crippen LogP contribution in [0, 0.1) is 24.3 Å². The van der Waals surface area contributed by atoms with E-state index in [1.165, 1.54) is 0 Å². The minimum Gasteiger partial charge on any atom is -0.481 e.